The van der Waals surface area contributed by atoms with Crippen LogP contribution in [0.3, 0.4) is 0 Å². The van der Waals surface area contributed by atoms with Gasteiger partial charge in [0.25, 0.3) is 0 Å². The molecule has 1 aromatic heterocycles. The number of hydrogen-bond acceptors (Lipinski definition) is 2. The van der Waals surface area contributed by atoms with E-state index in [1.165, 1.54) is 31.7 Å². The minimum Gasteiger partial charge on any atom is -0.476 e. The Morgan fingerprint density at radius 2 is 1.94 bits per heavy atom. The van der Waals surface area contributed by atoms with Crippen molar-refractivity contribution in [3.8, 4) is 0 Å². The van der Waals surface area contributed by atoms with Crippen LogP contribution in [0, 0.1) is 0 Å². The molecule has 98 valence electrons. The maximum absolute atomic E-state index is 10.5. The van der Waals surface area contributed by atoms with Gasteiger partial charge in [0.1, 0.15) is 0 Å². The summed E-state index contributed by atoms with van der Waals surface area (Å²) in [6, 6.07) is 1.53. The van der Waals surface area contributed by atoms with Gasteiger partial charge in [0, 0.05) is 12.7 Å². The number of nitrogens with zero attached hydrogens (tertiary/aromatic N) is 2. The minimum absolute atomic E-state index is 0.125. The average Bonchev–Trinajstić information content (AvgIpc) is 2.74. The highest BCUT2D eigenvalue weighted by Crippen LogP contribution is 2.02. The molecule has 0 unspecified atom stereocenters. The highest BCUT2D eigenvalue weighted by Gasteiger charge is 2.05. The third-order valence-corrected chi connectivity index (χ3v) is 2.10. The molecule has 0 spiro atoms. The molecule has 0 aliphatic carbocycles. The second-order valence-corrected chi connectivity index (χ2v) is 4.04. The normalized spacial score (nSPS) is 9.59. The molecular formula is C13H24N2O2. The molecule has 0 bridgehead atoms. The molecule has 0 aliphatic rings. The monoisotopic (exact) mass is 240 g/mol. The Bertz CT molecular complexity index is 308. The lowest BCUT2D eigenvalue weighted by Gasteiger charge is -1.99. The van der Waals surface area contributed by atoms with E-state index in [-0.39, 0.29) is 5.69 Å². The van der Waals surface area contributed by atoms with Crippen molar-refractivity contribution in [2.24, 2.45) is 0 Å². The van der Waals surface area contributed by atoms with E-state index < -0.39 is 5.97 Å². The van der Waals surface area contributed by atoms with Gasteiger partial charge in [-0.2, -0.15) is 5.10 Å². The number of carbonyl (C=O) groups is 1. The van der Waals surface area contributed by atoms with Crippen molar-refractivity contribution < 1.29 is 9.90 Å². The van der Waals surface area contributed by atoms with E-state index in [9.17, 15) is 4.79 Å². The van der Waals surface area contributed by atoms with Gasteiger partial charge in [-0.1, -0.05) is 46.5 Å². The first-order valence-corrected chi connectivity index (χ1v) is 6.42. The number of hydrogen-bond donors (Lipinski definition) is 1. The molecule has 4 heteroatoms. The Labute approximate surface area is 104 Å². The zero-order valence-corrected chi connectivity index (χ0v) is 11.1. The molecular weight excluding hydrogens is 216 g/mol. The summed E-state index contributed by atoms with van der Waals surface area (Å²) in [5, 5.41) is 12.6. The molecule has 0 aliphatic heterocycles. The maximum atomic E-state index is 10.5. The van der Waals surface area contributed by atoms with Crippen LogP contribution in [0.15, 0.2) is 12.3 Å². The number of aryl methyl sites for hydroxylation is 1. The Kier molecular flexibility index (Phi) is 9.11. The maximum Gasteiger partial charge on any atom is 0.356 e. The fourth-order valence-electron chi connectivity index (χ4n) is 1.30. The van der Waals surface area contributed by atoms with Crippen molar-refractivity contribution in [2.45, 2.75) is 59.4 Å². The molecule has 0 saturated heterocycles. The number of carboxylic acid groups (broad SMARTS) is 1. The van der Waals surface area contributed by atoms with E-state index in [1.807, 2.05) is 0 Å². The van der Waals surface area contributed by atoms with E-state index in [1.54, 1.807) is 10.9 Å². The first-order chi connectivity index (χ1) is 8.15. The van der Waals surface area contributed by atoms with Crippen LogP contribution in [0.25, 0.3) is 0 Å². The van der Waals surface area contributed by atoms with Gasteiger partial charge in [0.05, 0.1) is 0 Å². The fourth-order valence-corrected chi connectivity index (χ4v) is 1.30. The van der Waals surface area contributed by atoms with Gasteiger partial charge in [0.15, 0.2) is 5.69 Å². The number of rotatable bonds is 6. The Hall–Kier alpha value is -1.32. The fraction of sp³-hybridized carbons (Fsp3) is 0.692. The van der Waals surface area contributed by atoms with Gasteiger partial charge in [-0.05, 0) is 12.5 Å². The molecule has 1 aromatic rings. The average molecular weight is 240 g/mol. The van der Waals surface area contributed by atoms with Crippen LogP contribution in [0.4, 0.5) is 0 Å². The van der Waals surface area contributed by atoms with E-state index in [4.69, 9.17) is 5.11 Å². The van der Waals surface area contributed by atoms with Gasteiger partial charge >= 0.3 is 5.97 Å². The summed E-state index contributed by atoms with van der Waals surface area (Å²) in [4.78, 5) is 10.5. The largest absolute Gasteiger partial charge is 0.476 e. The lowest BCUT2D eigenvalue weighted by molar-refractivity contribution is 0.0689. The predicted molar refractivity (Wildman–Crippen MR) is 69.3 cm³/mol. The van der Waals surface area contributed by atoms with Crippen LogP contribution >= 0.6 is 0 Å². The quantitative estimate of drug-likeness (QED) is 0.773. The van der Waals surface area contributed by atoms with Crippen LogP contribution in [0.1, 0.15) is 63.4 Å². The smallest absolute Gasteiger partial charge is 0.356 e. The lowest BCUT2D eigenvalue weighted by atomic mass is 10.2. The highest BCUT2D eigenvalue weighted by atomic mass is 16.4. The van der Waals surface area contributed by atoms with E-state index in [0.29, 0.717) is 0 Å². The van der Waals surface area contributed by atoms with E-state index in [2.05, 4.69) is 25.9 Å². The first-order valence-electron chi connectivity index (χ1n) is 6.42. The van der Waals surface area contributed by atoms with Gasteiger partial charge in [-0.25, -0.2) is 4.79 Å². The molecule has 0 fully saturated rings. The first kappa shape index (κ1) is 15.7. The van der Waals surface area contributed by atoms with Gasteiger partial charge in [0.2, 0.25) is 0 Å². The van der Waals surface area contributed by atoms with Crippen molar-refractivity contribution in [3.05, 3.63) is 18.0 Å². The van der Waals surface area contributed by atoms with Crippen molar-refractivity contribution in [1.82, 2.24) is 9.78 Å². The Balaban J connectivity index is 0.000000770. The Morgan fingerprint density at radius 3 is 2.41 bits per heavy atom. The van der Waals surface area contributed by atoms with Crippen molar-refractivity contribution in [2.75, 3.05) is 0 Å². The molecule has 1 N–H and O–H groups in total. The third kappa shape index (κ3) is 7.55. The highest BCUT2D eigenvalue weighted by molar-refractivity contribution is 5.84. The summed E-state index contributed by atoms with van der Waals surface area (Å²) in [7, 11) is 0. The molecule has 1 heterocycles. The van der Waals surface area contributed by atoms with Crippen molar-refractivity contribution >= 4 is 5.97 Å². The second-order valence-electron chi connectivity index (χ2n) is 4.04. The van der Waals surface area contributed by atoms with Gasteiger partial charge < -0.3 is 5.11 Å². The zero-order valence-electron chi connectivity index (χ0n) is 11.1. The lowest BCUT2D eigenvalue weighted by Crippen LogP contribution is -2.02. The van der Waals surface area contributed by atoms with E-state index in [0.717, 1.165) is 13.0 Å². The summed E-state index contributed by atoms with van der Waals surface area (Å²) in [6.45, 7) is 7.23. The summed E-state index contributed by atoms with van der Waals surface area (Å²) in [6.07, 6.45) is 7.65. The SMILES string of the molecule is CCC.CCCCCCn1ccc(C(=O)O)n1. The van der Waals surface area contributed by atoms with Crippen LogP contribution in [-0.2, 0) is 6.54 Å². The van der Waals surface area contributed by atoms with Crippen LogP contribution in [0.2, 0.25) is 0 Å². The summed E-state index contributed by atoms with van der Waals surface area (Å²) < 4.78 is 1.69. The zero-order chi connectivity index (χ0) is 13.1. The van der Waals surface area contributed by atoms with Gasteiger partial charge in [-0.15, -0.1) is 0 Å². The molecule has 0 amide bonds. The van der Waals surface area contributed by atoms with Crippen LogP contribution in [0.5, 0.6) is 0 Å². The van der Waals surface area contributed by atoms with Crippen LogP contribution < -0.4 is 0 Å². The molecule has 0 radical (unpaired) electrons. The molecule has 0 atom stereocenters. The number of unbranched alkanes of at least 4 members (excludes halogenated alkanes) is 3. The number of aromatic carboxylic acids is 1. The predicted octanol–water partition coefficient (Wildman–Crippen LogP) is 3.58. The summed E-state index contributed by atoms with van der Waals surface area (Å²) in [5.41, 5.74) is 0.125. The third-order valence-electron chi connectivity index (χ3n) is 2.10. The number of aromatic nitrogens is 2. The summed E-state index contributed by atoms with van der Waals surface area (Å²) in [5.74, 6) is -0.961. The topological polar surface area (TPSA) is 55.1 Å². The standard InChI is InChI=1S/C10H16N2O2.C3H8/c1-2-3-4-5-7-12-8-6-9(11-12)10(13)14;1-3-2/h6,8H,2-5,7H2,1H3,(H,13,14);3H2,1-2H3. The molecule has 4 nitrogen and oxygen atoms in total. The van der Waals surface area contributed by atoms with Gasteiger partial charge in [-0.3, -0.25) is 4.68 Å². The molecule has 1 rings (SSSR count). The van der Waals surface area contributed by atoms with Crippen molar-refractivity contribution in [3.63, 3.8) is 0 Å². The molecule has 0 saturated carbocycles. The van der Waals surface area contributed by atoms with Crippen LogP contribution in [-0.4, -0.2) is 20.9 Å². The molecule has 0 aromatic carbocycles. The minimum atomic E-state index is -0.961. The number of carboxylic acids is 1. The van der Waals surface area contributed by atoms with E-state index >= 15 is 0 Å². The summed E-state index contributed by atoms with van der Waals surface area (Å²) >= 11 is 0. The molecule has 17 heavy (non-hydrogen) atoms. The Morgan fingerprint density at radius 1 is 1.29 bits per heavy atom. The second kappa shape index (κ2) is 9.87. The van der Waals surface area contributed by atoms with Crippen molar-refractivity contribution in [1.29, 1.82) is 0 Å².